The minimum absolute atomic E-state index is 0.0505. The van der Waals surface area contributed by atoms with Crippen molar-refractivity contribution in [2.75, 3.05) is 41.0 Å². The molecule has 65 heavy (non-hydrogen) atoms. The lowest BCUT2D eigenvalue weighted by Gasteiger charge is -2.31. The van der Waals surface area contributed by atoms with Gasteiger partial charge in [0.1, 0.15) is 6.61 Å². The van der Waals surface area contributed by atoms with Crippen LogP contribution in [0.5, 0.6) is 0 Å². The number of hydrogen-bond acceptors (Lipinski definition) is 6. The number of esters is 2. The predicted molar refractivity (Wildman–Crippen MR) is 275 cm³/mol. The van der Waals surface area contributed by atoms with Crippen molar-refractivity contribution in [3.63, 3.8) is 0 Å². The lowest BCUT2D eigenvalue weighted by atomic mass is 10.0. The summed E-state index contributed by atoms with van der Waals surface area (Å²) in [4.78, 5) is 37.2. The maximum Gasteiger partial charge on any atom is 0.362 e. The van der Waals surface area contributed by atoms with Gasteiger partial charge < -0.3 is 23.8 Å². The SMILES string of the molecule is CC/C=C/C/C=C/C/C=C/CCCCCCCCCCCCCCCC(=O)OCC(COCCC(C(=O)O)[N+](C)(C)C)OC(=O)CCCCCCC/C=C/C=C/C=C/CCCCCCC. The Morgan fingerprint density at radius 3 is 1.40 bits per heavy atom. The molecule has 8 heteroatoms. The first kappa shape index (κ1) is 61.8. The van der Waals surface area contributed by atoms with Crippen molar-refractivity contribution in [1.29, 1.82) is 0 Å². The standard InChI is InChI=1S/C57H99NO7/c1-6-8-10-12-14-16-18-20-22-24-26-27-28-29-30-32-33-35-37-39-41-43-45-47-55(59)64-52-53(51-63-50-49-54(57(61)62)58(3,4)5)65-56(60)48-46-44-42-40-38-36-34-31-25-23-21-19-17-15-13-11-9-7-2/h8,10,14,16,19-23,25,31,34,53-54H,6-7,9,11-13,15,17-18,24,26-30,32-33,35-52H2,1-5H3/p+1/b10-8+,16-14+,21-19+,22-20+,25-23+,34-31+. The van der Waals surface area contributed by atoms with Crippen molar-refractivity contribution >= 4 is 17.9 Å². The predicted octanol–water partition coefficient (Wildman–Crippen LogP) is 15.5. The largest absolute Gasteiger partial charge is 0.477 e. The molecular formula is C57H100NO7+. The summed E-state index contributed by atoms with van der Waals surface area (Å²) in [6, 6.07) is -0.622. The second-order valence-electron chi connectivity index (χ2n) is 18.8. The van der Waals surface area contributed by atoms with E-state index in [1.54, 1.807) is 0 Å². The van der Waals surface area contributed by atoms with Crippen LogP contribution in [0.2, 0.25) is 0 Å². The van der Waals surface area contributed by atoms with Gasteiger partial charge in [0.05, 0.1) is 34.4 Å². The van der Waals surface area contributed by atoms with Gasteiger partial charge in [-0.05, 0) is 70.6 Å². The Kier molecular flexibility index (Phi) is 44.9. The van der Waals surface area contributed by atoms with E-state index in [1.165, 1.54) is 103 Å². The Balaban J connectivity index is 4.24. The lowest BCUT2D eigenvalue weighted by molar-refractivity contribution is -0.887. The first-order valence-electron chi connectivity index (χ1n) is 26.5. The first-order valence-corrected chi connectivity index (χ1v) is 26.5. The number of rotatable bonds is 47. The number of carboxylic acid groups (broad SMARTS) is 1. The Hall–Kier alpha value is -3.23. The number of carbonyl (C=O) groups excluding carboxylic acids is 2. The van der Waals surface area contributed by atoms with Gasteiger partial charge in [0.2, 0.25) is 0 Å². The number of quaternary nitrogens is 1. The van der Waals surface area contributed by atoms with Crippen LogP contribution in [-0.2, 0) is 28.6 Å². The molecule has 0 saturated heterocycles. The van der Waals surface area contributed by atoms with Gasteiger partial charge in [-0.2, -0.15) is 0 Å². The second kappa shape index (κ2) is 47.3. The molecule has 2 unspecified atom stereocenters. The van der Waals surface area contributed by atoms with Crippen LogP contribution in [0.1, 0.15) is 219 Å². The van der Waals surface area contributed by atoms with Crippen LogP contribution in [0.15, 0.2) is 72.9 Å². The van der Waals surface area contributed by atoms with E-state index >= 15 is 0 Å². The second-order valence-corrected chi connectivity index (χ2v) is 18.8. The number of unbranched alkanes of at least 4 members (excludes halogenated alkanes) is 23. The third kappa shape index (κ3) is 45.7. The van der Waals surface area contributed by atoms with Crippen LogP contribution < -0.4 is 0 Å². The smallest absolute Gasteiger partial charge is 0.362 e. The van der Waals surface area contributed by atoms with Crippen molar-refractivity contribution < 1.29 is 38.2 Å². The normalized spacial score (nSPS) is 13.4. The number of likely N-dealkylation sites (N-methyl/N-ethyl adjacent to an activating group) is 1. The van der Waals surface area contributed by atoms with Gasteiger partial charge in [-0.1, -0.05) is 202 Å². The zero-order chi connectivity index (χ0) is 47.7. The minimum Gasteiger partial charge on any atom is -0.477 e. The number of hydrogen-bond donors (Lipinski definition) is 1. The Morgan fingerprint density at radius 1 is 0.492 bits per heavy atom. The number of allylic oxidation sites excluding steroid dienone is 12. The van der Waals surface area contributed by atoms with Gasteiger partial charge in [-0.15, -0.1) is 0 Å². The summed E-state index contributed by atoms with van der Waals surface area (Å²) >= 11 is 0. The number of carboxylic acids is 1. The van der Waals surface area contributed by atoms with Gasteiger partial charge in [-0.25, -0.2) is 4.79 Å². The van der Waals surface area contributed by atoms with Crippen LogP contribution >= 0.6 is 0 Å². The highest BCUT2D eigenvalue weighted by atomic mass is 16.6. The first-order chi connectivity index (χ1) is 31.6. The minimum atomic E-state index is -0.879. The molecule has 0 aliphatic heterocycles. The fraction of sp³-hybridized carbons (Fsp3) is 0.737. The summed E-state index contributed by atoms with van der Waals surface area (Å²) in [6.45, 7) is 4.60. The molecular weight excluding hydrogens is 811 g/mol. The van der Waals surface area contributed by atoms with Crippen molar-refractivity contribution in [1.82, 2.24) is 0 Å². The lowest BCUT2D eigenvalue weighted by Crippen LogP contribution is -2.50. The van der Waals surface area contributed by atoms with Crippen molar-refractivity contribution in [2.45, 2.75) is 231 Å². The summed E-state index contributed by atoms with van der Waals surface area (Å²) in [7, 11) is 5.53. The quantitative estimate of drug-likeness (QED) is 0.0213. The molecule has 2 atom stereocenters. The molecule has 0 aromatic rings. The average molecular weight is 911 g/mol. The van der Waals surface area contributed by atoms with E-state index < -0.39 is 18.1 Å². The van der Waals surface area contributed by atoms with Crippen LogP contribution in [0.25, 0.3) is 0 Å². The molecule has 0 aliphatic carbocycles. The van der Waals surface area contributed by atoms with Gasteiger partial charge in [0.15, 0.2) is 12.1 Å². The summed E-state index contributed by atoms with van der Waals surface area (Å²) in [5, 5.41) is 9.66. The maximum atomic E-state index is 12.8. The van der Waals surface area contributed by atoms with Crippen LogP contribution in [0, 0.1) is 0 Å². The molecule has 8 nitrogen and oxygen atoms in total. The molecule has 0 bridgehead atoms. The van der Waals surface area contributed by atoms with E-state index in [0.717, 1.165) is 83.5 Å². The van der Waals surface area contributed by atoms with Crippen LogP contribution in [-0.4, -0.2) is 80.6 Å². The van der Waals surface area contributed by atoms with E-state index in [1.807, 2.05) is 21.1 Å². The van der Waals surface area contributed by atoms with E-state index in [-0.39, 0.29) is 36.2 Å². The van der Waals surface area contributed by atoms with Crippen molar-refractivity contribution in [2.24, 2.45) is 0 Å². The Labute approximate surface area is 400 Å². The van der Waals surface area contributed by atoms with Gasteiger partial charge >= 0.3 is 17.9 Å². The van der Waals surface area contributed by atoms with E-state index in [2.05, 4.69) is 86.8 Å². The Morgan fingerprint density at radius 2 is 0.923 bits per heavy atom. The molecule has 1 N–H and O–H groups in total. The fourth-order valence-electron chi connectivity index (χ4n) is 7.58. The molecule has 0 saturated carbocycles. The molecule has 0 amide bonds. The van der Waals surface area contributed by atoms with Gasteiger partial charge in [0, 0.05) is 19.3 Å². The monoisotopic (exact) mass is 911 g/mol. The number of ether oxygens (including phenoxy) is 3. The molecule has 374 valence electrons. The highest BCUT2D eigenvalue weighted by Gasteiger charge is 2.31. The maximum absolute atomic E-state index is 12.8. The fourth-order valence-corrected chi connectivity index (χ4v) is 7.58. The molecule has 0 heterocycles. The topological polar surface area (TPSA) is 99.1 Å². The van der Waals surface area contributed by atoms with E-state index in [9.17, 15) is 19.5 Å². The van der Waals surface area contributed by atoms with E-state index in [4.69, 9.17) is 14.2 Å². The summed E-state index contributed by atoms with van der Waals surface area (Å²) in [5.74, 6) is -1.49. The van der Waals surface area contributed by atoms with Crippen molar-refractivity contribution in [3.8, 4) is 0 Å². The van der Waals surface area contributed by atoms with Crippen molar-refractivity contribution in [3.05, 3.63) is 72.9 Å². The molecule has 0 radical (unpaired) electrons. The summed E-state index contributed by atoms with van der Waals surface area (Å²) < 4.78 is 17.4. The molecule has 0 aromatic heterocycles. The number of carbonyl (C=O) groups is 3. The summed E-state index contributed by atoms with van der Waals surface area (Å²) in [5.41, 5.74) is 0. The number of nitrogens with zero attached hydrogens (tertiary/aromatic N) is 1. The molecule has 0 aliphatic rings. The molecule has 0 aromatic carbocycles. The van der Waals surface area contributed by atoms with Gasteiger partial charge in [0.25, 0.3) is 0 Å². The number of aliphatic carboxylic acids is 1. The molecule has 0 fully saturated rings. The summed E-state index contributed by atoms with van der Waals surface area (Å²) in [6.07, 6.45) is 60.9. The molecule has 0 rings (SSSR count). The highest BCUT2D eigenvalue weighted by Crippen LogP contribution is 2.15. The Bertz CT molecular complexity index is 1290. The molecule has 0 spiro atoms. The van der Waals surface area contributed by atoms with E-state index in [0.29, 0.717) is 19.3 Å². The average Bonchev–Trinajstić information content (AvgIpc) is 3.27. The third-order valence-corrected chi connectivity index (χ3v) is 11.7. The van der Waals surface area contributed by atoms with Gasteiger partial charge in [-0.3, -0.25) is 9.59 Å². The third-order valence-electron chi connectivity index (χ3n) is 11.7. The highest BCUT2D eigenvalue weighted by molar-refractivity contribution is 5.72. The zero-order valence-corrected chi connectivity index (χ0v) is 42.7. The van der Waals surface area contributed by atoms with Crippen LogP contribution in [0.4, 0.5) is 0 Å². The zero-order valence-electron chi connectivity index (χ0n) is 42.7. The van der Waals surface area contributed by atoms with Crippen LogP contribution in [0.3, 0.4) is 0 Å².